The molecule has 0 aliphatic heterocycles. The fraction of sp³-hybridized carbons (Fsp3) is 0.400. The van der Waals surface area contributed by atoms with E-state index in [9.17, 15) is 14.4 Å². The van der Waals surface area contributed by atoms with Gasteiger partial charge in [-0.05, 0) is 25.0 Å². The summed E-state index contributed by atoms with van der Waals surface area (Å²) in [6, 6.07) is 6.65. The molecule has 0 amide bonds. The normalized spacial score (nSPS) is 15.8. The lowest BCUT2D eigenvalue weighted by Crippen LogP contribution is -2.33. The van der Waals surface area contributed by atoms with Crippen LogP contribution in [0, 0.1) is 5.92 Å². The van der Waals surface area contributed by atoms with Crippen LogP contribution in [0.5, 0.6) is 0 Å². The predicted molar refractivity (Wildman–Crippen MR) is 75.8 cm³/mol. The summed E-state index contributed by atoms with van der Waals surface area (Å²) in [5.74, 6) is 0.0763. The predicted octanol–water partition coefficient (Wildman–Crippen LogP) is 1.45. The molecule has 1 N–H and O–H groups in total. The molecule has 20 heavy (non-hydrogen) atoms. The van der Waals surface area contributed by atoms with Crippen molar-refractivity contribution in [2.75, 3.05) is 0 Å². The van der Waals surface area contributed by atoms with Gasteiger partial charge in [0.05, 0.1) is 10.8 Å². The zero-order valence-electron chi connectivity index (χ0n) is 11.1. The van der Waals surface area contributed by atoms with Crippen molar-refractivity contribution >= 4 is 16.6 Å². The molecule has 0 atom stereocenters. The van der Waals surface area contributed by atoms with Gasteiger partial charge in [-0.25, -0.2) is 4.68 Å². The van der Waals surface area contributed by atoms with Crippen molar-refractivity contribution in [2.45, 2.75) is 32.2 Å². The molecule has 1 aromatic carbocycles. The smallest absolute Gasteiger partial charge is 0.273 e. The summed E-state index contributed by atoms with van der Waals surface area (Å²) >= 11 is 0. The number of aromatic amines is 1. The van der Waals surface area contributed by atoms with Crippen LogP contribution in [0.15, 0.2) is 33.9 Å². The van der Waals surface area contributed by atoms with Crippen LogP contribution in [-0.2, 0) is 11.3 Å². The van der Waals surface area contributed by atoms with Gasteiger partial charge in [-0.3, -0.25) is 19.5 Å². The Hall–Kier alpha value is -2.17. The van der Waals surface area contributed by atoms with Gasteiger partial charge in [0.2, 0.25) is 0 Å². The highest BCUT2D eigenvalue weighted by atomic mass is 16.2. The van der Waals surface area contributed by atoms with Crippen molar-refractivity contribution in [2.24, 2.45) is 5.92 Å². The molecule has 0 unspecified atom stereocenters. The number of carbonyl (C=O) groups is 1. The SMILES string of the molecule is O=C(Cn1[nH]c(=O)c2ccccc2c1=O)C1CCCC1. The van der Waals surface area contributed by atoms with E-state index in [0.29, 0.717) is 10.8 Å². The number of fused-ring (bicyclic) bond motifs is 1. The van der Waals surface area contributed by atoms with Gasteiger partial charge in [-0.15, -0.1) is 0 Å². The average Bonchev–Trinajstić information content (AvgIpc) is 2.99. The van der Waals surface area contributed by atoms with Gasteiger partial charge in [0.25, 0.3) is 11.1 Å². The Balaban J connectivity index is 2.00. The number of Topliss-reactive ketones (excluding diaryl/α,β-unsaturated/α-hetero) is 1. The van der Waals surface area contributed by atoms with Gasteiger partial charge in [0.1, 0.15) is 6.54 Å². The van der Waals surface area contributed by atoms with Gasteiger partial charge in [-0.1, -0.05) is 25.0 Å². The first kappa shape index (κ1) is 12.8. The monoisotopic (exact) mass is 272 g/mol. The minimum absolute atomic E-state index is 0.0375. The largest absolute Gasteiger partial charge is 0.297 e. The molecular weight excluding hydrogens is 256 g/mol. The van der Waals surface area contributed by atoms with E-state index >= 15 is 0 Å². The molecule has 0 saturated heterocycles. The summed E-state index contributed by atoms with van der Waals surface area (Å²) < 4.78 is 1.14. The zero-order valence-corrected chi connectivity index (χ0v) is 11.1. The quantitative estimate of drug-likeness (QED) is 0.919. The third-order valence-corrected chi connectivity index (χ3v) is 4.01. The Bertz CT molecular complexity index is 767. The van der Waals surface area contributed by atoms with Crippen LogP contribution < -0.4 is 11.1 Å². The molecule has 0 spiro atoms. The molecular formula is C15H16N2O3. The van der Waals surface area contributed by atoms with Crippen molar-refractivity contribution < 1.29 is 4.79 Å². The van der Waals surface area contributed by atoms with E-state index in [0.717, 1.165) is 30.4 Å². The van der Waals surface area contributed by atoms with Crippen molar-refractivity contribution in [3.8, 4) is 0 Å². The maximum Gasteiger partial charge on any atom is 0.273 e. The highest BCUT2D eigenvalue weighted by Crippen LogP contribution is 2.25. The summed E-state index contributed by atoms with van der Waals surface area (Å²) in [6.07, 6.45) is 3.93. The highest BCUT2D eigenvalue weighted by molar-refractivity contribution is 5.82. The number of hydrogen-bond acceptors (Lipinski definition) is 3. The lowest BCUT2D eigenvalue weighted by Gasteiger charge is -2.10. The van der Waals surface area contributed by atoms with Crippen LogP contribution in [0.25, 0.3) is 10.8 Å². The summed E-state index contributed by atoms with van der Waals surface area (Å²) in [6.45, 7) is -0.0381. The van der Waals surface area contributed by atoms with Gasteiger partial charge in [0.15, 0.2) is 5.78 Å². The number of ketones is 1. The Morgan fingerprint density at radius 1 is 1.15 bits per heavy atom. The van der Waals surface area contributed by atoms with Crippen LogP contribution in [0.1, 0.15) is 25.7 Å². The first-order valence-electron chi connectivity index (χ1n) is 6.91. The number of rotatable bonds is 3. The average molecular weight is 272 g/mol. The number of carbonyl (C=O) groups excluding carboxylic acids is 1. The van der Waals surface area contributed by atoms with E-state index in [2.05, 4.69) is 5.10 Å². The molecule has 3 rings (SSSR count). The first-order valence-corrected chi connectivity index (χ1v) is 6.91. The minimum Gasteiger partial charge on any atom is -0.297 e. The molecule has 0 radical (unpaired) electrons. The maximum absolute atomic E-state index is 12.3. The fourth-order valence-corrected chi connectivity index (χ4v) is 2.89. The lowest BCUT2D eigenvalue weighted by atomic mass is 10.0. The molecule has 1 aromatic heterocycles. The van der Waals surface area contributed by atoms with Crippen LogP contribution in [-0.4, -0.2) is 15.6 Å². The number of aromatic nitrogens is 2. The molecule has 1 fully saturated rings. The maximum atomic E-state index is 12.3. The van der Waals surface area contributed by atoms with E-state index in [1.165, 1.54) is 0 Å². The van der Waals surface area contributed by atoms with Crippen molar-refractivity contribution in [3.05, 3.63) is 45.0 Å². The Morgan fingerprint density at radius 3 is 2.50 bits per heavy atom. The second kappa shape index (κ2) is 5.07. The Morgan fingerprint density at radius 2 is 1.80 bits per heavy atom. The molecule has 104 valence electrons. The van der Waals surface area contributed by atoms with E-state index in [4.69, 9.17) is 0 Å². The molecule has 1 saturated carbocycles. The second-order valence-corrected chi connectivity index (χ2v) is 5.33. The van der Waals surface area contributed by atoms with Crippen LogP contribution >= 0.6 is 0 Å². The molecule has 1 aliphatic rings. The third-order valence-electron chi connectivity index (χ3n) is 4.01. The van der Waals surface area contributed by atoms with Gasteiger partial charge in [-0.2, -0.15) is 0 Å². The summed E-state index contributed by atoms with van der Waals surface area (Å²) in [7, 11) is 0. The fourth-order valence-electron chi connectivity index (χ4n) is 2.89. The number of nitrogens with zero attached hydrogens (tertiary/aromatic N) is 1. The summed E-state index contributed by atoms with van der Waals surface area (Å²) in [5, 5.41) is 3.22. The minimum atomic E-state index is -0.334. The van der Waals surface area contributed by atoms with E-state index in [1.54, 1.807) is 24.3 Å². The van der Waals surface area contributed by atoms with Crippen LogP contribution in [0.4, 0.5) is 0 Å². The molecule has 5 nitrogen and oxygen atoms in total. The Labute approximate surface area is 115 Å². The number of H-pyrrole nitrogens is 1. The standard InChI is InChI=1S/C15H16N2O3/c18-13(10-5-1-2-6-10)9-17-15(20)12-8-4-3-7-11(12)14(19)16-17/h3-4,7-8,10H,1-2,5-6,9H2,(H,16,19). The summed E-state index contributed by atoms with van der Waals surface area (Å²) in [5.41, 5.74) is -0.647. The highest BCUT2D eigenvalue weighted by Gasteiger charge is 2.23. The number of nitrogens with one attached hydrogen (secondary N) is 1. The summed E-state index contributed by atoms with van der Waals surface area (Å²) in [4.78, 5) is 36.3. The van der Waals surface area contributed by atoms with Crippen LogP contribution in [0.3, 0.4) is 0 Å². The zero-order chi connectivity index (χ0) is 14.1. The van der Waals surface area contributed by atoms with E-state index in [-0.39, 0.29) is 29.4 Å². The van der Waals surface area contributed by atoms with E-state index in [1.807, 2.05) is 0 Å². The number of benzene rings is 1. The van der Waals surface area contributed by atoms with Gasteiger partial charge in [0, 0.05) is 5.92 Å². The van der Waals surface area contributed by atoms with Crippen LogP contribution in [0.2, 0.25) is 0 Å². The topological polar surface area (TPSA) is 71.9 Å². The molecule has 5 heteroatoms. The van der Waals surface area contributed by atoms with E-state index < -0.39 is 0 Å². The molecule has 1 aliphatic carbocycles. The molecule has 2 aromatic rings. The third kappa shape index (κ3) is 2.19. The molecule has 1 heterocycles. The molecule has 0 bridgehead atoms. The first-order chi connectivity index (χ1) is 9.66. The van der Waals surface area contributed by atoms with Crippen molar-refractivity contribution in [1.82, 2.24) is 9.78 Å². The van der Waals surface area contributed by atoms with Gasteiger partial charge < -0.3 is 0 Å². The Kier molecular flexibility index (Phi) is 3.26. The number of hydrogen-bond donors (Lipinski definition) is 1. The van der Waals surface area contributed by atoms with Gasteiger partial charge >= 0.3 is 0 Å². The lowest BCUT2D eigenvalue weighted by molar-refractivity contribution is -0.123. The van der Waals surface area contributed by atoms with Crippen molar-refractivity contribution in [1.29, 1.82) is 0 Å². The van der Waals surface area contributed by atoms with Crippen molar-refractivity contribution in [3.63, 3.8) is 0 Å². The second-order valence-electron chi connectivity index (χ2n) is 5.33.